The minimum atomic E-state index is -0.474. The van der Waals surface area contributed by atoms with Crippen LogP contribution in [-0.2, 0) is 5.54 Å². The third-order valence-electron chi connectivity index (χ3n) is 6.34. The van der Waals surface area contributed by atoms with Crippen molar-refractivity contribution >= 4 is 5.91 Å². The van der Waals surface area contributed by atoms with Crippen LogP contribution in [0.3, 0.4) is 0 Å². The lowest BCUT2D eigenvalue weighted by molar-refractivity contribution is 0.0623. The van der Waals surface area contributed by atoms with Gasteiger partial charge in [-0.05, 0) is 50.5 Å². The van der Waals surface area contributed by atoms with Crippen LogP contribution in [0.15, 0.2) is 79.1 Å². The molecule has 4 rings (SSSR count). The number of aromatic amines is 1. The molecule has 4 nitrogen and oxygen atoms in total. The number of carbonyl (C=O) groups excluding carboxylic acids is 1. The molecule has 3 aromatic carbocycles. The lowest BCUT2D eigenvalue weighted by atomic mass is 9.88. The Balaban J connectivity index is 1.90. The smallest absolute Gasteiger partial charge is 0.254 e. The molecule has 4 aromatic rings. The number of benzene rings is 3. The van der Waals surface area contributed by atoms with Gasteiger partial charge in [-0.15, -0.1) is 0 Å². The van der Waals surface area contributed by atoms with Gasteiger partial charge >= 0.3 is 0 Å². The van der Waals surface area contributed by atoms with E-state index in [1.807, 2.05) is 48.5 Å². The molecule has 0 aliphatic carbocycles. The summed E-state index contributed by atoms with van der Waals surface area (Å²) in [4.78, 5) is 23.5. The fourth-order valence-corrected chi connectivity index (χ4v) is 4.09. The van der Waals surface area contributed by atoms with E-state index in [0.717, 1.165) is 33.6 Å². The third kappa shape index (κ3) is 3.84. The number of aromatic nitrogens is 2. The van der Waals surface area contributed by atoms with Crippen LogP contribution < -0.4 is 0 Å². The van der Waals surface area contributed by atoms with Crippen LogP contribution in [0.5, 0.6) is 0 Å². The molecule has 0 unspecified atom stereocenters. The number of nitrogens with zero attached hydrogens (tertiary/aromatic N) is 2. The second-order valence-corrected chi connectivity index (χ2v) is 8.77. The summed E-state index contributed by atoms with van der Waals surface area (Å²) in [6.07, 6.45) is 3.56. The second-order valence-electron chi connectivity index (χ2n) is 8.77. The van der Waals surface area contributed by atoms with Crippen molar-refractivity contribution in [3.05, 3.63) is 101 Å². The molecule has 0 aliphatic heterocycles. The molecule has 1 aromatic heterocycles. The van der Waals surface area contributed by atoms with E-state index in [2.05, 4.69) is 74.1 Å². The van der Waals surface area contributed by atoms with E-state index in [4.69, 9.17) is 0 Å². The summed E-state index contributed by atoms with van der Waals surface area (Å²) in [5, 5.41) is 0. The van der Waals surface area contributed by atoms with Crippen LogP contribution in [0, 0.1) is 13.8 Å². The molecule has 1 amide bonds. The normalized spacial score (nSPS) is 11.4. The number of H-pyrrole nitrogens is 1. The zero-order chi connectivity index (χ0) is 22.9. The van der Waals surface area contributed by atoms with E-state index in [1.54, 1.807) is 6.20 Å². The fraction of sp³-hybridized carbons (Fsp3) is 0.214. The molecular weight excluding hydrogens is 394 g/mol. The Morgan fingerprint density at radius 3 is 2.22 bits per heavy atom. The zero-order valence-electron chi connectivity index (χ0n) is 19.3. The average molecular weight is 424 g/mol. The molecule has 0 spiro atoms. The number of nitrogens with one attached hydrogen (secondary N) is 1. The molecule has 0 radical (unpaired) electrons. The lowest BCUT2D eigenvalue weighted by Gasteiger charge is -2.37. The van der Waals surface area contributed by atoms with Gasteiger partial charge in [0.05, 0.1) is 5.54 Å². The molecular formula is C28H29N3O. The van der Waals surface area contributed by atoms with Crippen LogP contribution in [0.1, 0.15) is 40.9 Å². The van der Waals surface area contributed by atoms with Crippen molar-refractivity contribution in [2.24, 2.45) is 0 Å². The Bertz CT molecular complexity index is 1220. The summed E-state index contributed by atoms with van der Waals surface area (Å²) in [7, 11) is 1.88. The number of hydrogen-bond acceptors (Lipinski definition) is 2. The summed E-state index contributed by atoms with van der Waals surface area (Å²) in [6, 6.07) is 22.4. The van der Waals surface area contributed by atoms with Gasteiger partial charge in [-0.2, -0.15) is 0 Å². The number of amides is 1. The van der Waals surface area contributed by atoms with E-state index in [9.17, 15) is 4.79 Å². The molecule has 0 saturated heterocycles. The number of rotatable bonds is 5. The van der Waals surface area contributed by atoms with Crippen molar-refractivity contribution < 1.29 is 4.79 Å². The molecule has 162 valence electrons. The summed E-state index contributed by atoms with van der Waals surface area (Å²) in [5.41, 5.74) is 6.38. The van der Waals surface area contributed by atoms with E-state index < -0.39 is 5.54 Å². The Morgan fingerprint density at radius 2 is 1.59 bits per heavy atom. The maximum absolute atomic E-state index is 14.0. The summed E-state index contributed by atoms with van der Waals surface area (Å²) in [6.45, 7) is 8.28. The first-order chi connectivity index (χ1) is 15.3. The van der Waals surface area contributed by atoms with Gasteiger partial charge in [-0.3, -0.25) is 4.79 Å². The molecule has 4 heteroatoms. The number of aryl methyl sites for hydroxylation is 2. The highest BCUT2D eigenvalue weighted by atomic mass is 16.2. The molecule has 0 bridgehead atoms. The van der Waals surface area contributed by atoms with E-state index >= 15 is 0 Å². The monoisotopic (exact) mass is 423 g/mol. The highest BCUT2D eigenvalue weighted by Crippen LogP contribution is 2.38. The topological polar surface area (TPSA) is 49.0 Å². The van der Waals surface area contributed by atoms with Gasteiger partial charge in [-0.25, -0.2) is 4.98 Å². The lowest BCUT2D eigenvalue weighted by Crippen LogP contribution is -2.43. The number of imidazole rings is 1. The number of hydrogen-bond donors (Lipinski definition) is 1. The average Bonchev–Trinajstić information content (AvgIpc) is 3.33. The van der Waals surface area contributed by atoms with Crippen molar-refractivity contribution in [3.63, 3.8) is 0 Å². The number of carbonyl (C=O) groups is 1. The molecule has 0 saturated carbocycles. The van der Waals surface area contributed by atoms with Crippen LogP contribution >= 0.6 is 0 Å². The van der Waals surface area contributed by atoms with Crippen LogP contribution in [0.2, 0.25) is 0 Å². The Kier molecular flexibility index (Phi) is 5.70. The van der Waals surface area contributed by atoms with Crippen molar-refractivity contribution in [1.29, 1.82) is 0 Å². The Morgan fingerprint density at radius 1 is 0.906 bits per heavy atom. The molecule has 0 aliphatic rings. The first kappa shape index (κ1) is 21.6. The van der Waals surface area contributed by atoms with Gasteiger partial charge in [-0.1, -0.05) is 66.2 Å². The maximum Gasteiger partial charge on any atom is 0.254 e. The van der Waals surface area contributed by atoms with Gasteiger partial charge in [0.1, 0.15) is 5.82 Å². The summed E-state index contributed by atoms with van der Waals surface area (Å²) < 4.78 is 0. The van der Waals surface area contributed by atoms with Gasteiger partial charge in [0.15, 0.2) is 0 Å². The Hall–Kier alpha value is -3.66. The third-order valence-corrected chi connectivity index (χ3v) is 6.34. The van der Waals surface area contributed by atoms with Crippen molar-refractivity contribution in [1.82, 2.24) is 14.9 Å². The van der Waals surface area contributed by atoms with Gasteiger partial charge in [0.25, 0.3) is 5.91 Å². The van der Waals surface area contributed by atoms with E-state index in [1.165, 1.54) is 5.56 Å². The van der Waals surface area contributed by atoms with E-state index in [-0.39, 0.29) is 5.91 Å². The molecule has 0 fully saturated rings. The largest absolute Gasteiger partial charge is 0.345 e. The molecule has 1 N–H and O–H groups in total. The first-order valence-corrected chi connectivity index (χ1v) is 10.8. The Labute approximate surface area is 190 Å². The minimum absolute atomic E-state index is 0.0257. The standard InChI is InChI=1S/C28H29N3O/c1-19-11-14-21(15-12-19)25-23(16-13-20(2)24(25)26-29-17-18-30-26)27(32)31(5)28(3,4)22-9-7-6-8-10-22/h6-18H,1-5H3,(H,29,30). The van der Waals surface area contributed by atoms with Gasteiger partial charge in [0.2, 0.25) is 0 Å². The summed E-state index contributed by atoms with van der Waals surface area (Å²) in [5.74, 6) is 0.736. The van der Waals surface area contributed by atoms with Crippen LogP contribution in [0.25, 0.3) is 22.5 Å². The van der Waals surface area contributed by atoms with Crippen LogP contribution in [-0.4, -0.2) is 27.8 Å². The SMILES string of the molecule is Cc1ccc(-c2c(C(=O)N(C)C(C)(C)c3ccccc3)ccc(C)c2-c2ncc[nH]2)cc1. The molecule has 1 heterocycles. The zero-order valence-corrected chi connectivity index (χ0v) is 19.3. The van der Waals surface area contributed by atoms with Crippen molar-refractivity contribution in [2.75, 3.05) is 7.05 Å². The first-order valence-electron chi connectivity index (χ1n) is 10.8. The van der Waals surface area contributed by atoms with Gasteiger partial charge < -0.3 is 9.88 Å². The van der Waals surface area contributed by atoms with Gasteiger partial charge in [0, 0.05) is 36.1 Å². The van der Waals surface area contributed by atoms with Crippen LogP contribution in [0.4, 0.5) is 0 Å². The predicted molar refractivity (Wildman–Crippen MR) is 130 cm³/mol. The molecule has 32 heavy (non-hydrogen) atoms. The minimum Gasteiger partial charge on any atom is -0.345 e. The predicted octanol–water partition coefficient (Wildman–Crippen LogP) is 6.37. The highest BCUT2D eigenvalue weighted by molar-refractivity contribution is 6.05. The summed E-state index contributed by atoms with van der Waals surface area (Å²) >= 11 is 0. The quantitative estimate of drug-likeness (QED) is 0.405. The van der Waals surface area contributed by atoms with Crippen molar-refractivity contribution in [3.8, 4) is 22.5 Å². The highest BCUT2D eigenvalue weighted by Gasteiger charge is 2.32. The van der Waals surface area contributed by atoms with E-state index in [0.29, 0.717) is 5.56 Å². The fourth-order valence-electron chi connectivity index (χ4n) is 4.09. The second kappa shape index (κ2) is 8.46. The van der Waals surface area contributed by atoms with Crippen molar-refractivity contribution in [2.45, 2.75) is 33.2 Å². The maximum atomic E-state index is 14.0. The molecule has 0 atom stereocenters.